The van der Waals surface area contributed by atoms with Crippen molar-refractivity contribution in [2.75, 3.05) is 26.3 Å². The van der Waals surface area contributed by atoms with E-state index in [1.807, 2.05) is 4.90 Å². The van der Waals surface area contributed by atoms with Gasteiger partial charge in [-0.15, -0.1) is 0 Å². The second-order valence-electron chi connectivity index (χ2n) is 7.72. The number of nitrogens with one attached hydrogen (secondary N) is 1. The minimum atomic E-state index is -0.168. The normalized spacial score (nSPS) is 21.4. The van der Waals surface area contributed by atoms with E-state index < -0.39 is 0 Å². The molecule has 2 saturated heterocycles. The standard InChI is InChI=1S/C21H22N4O4/c22-8-13-1-4-18(28-16-11-27-12-16)17(7-13)19-10-24-20(29-19)21(26)25(14-2-3-14)15-5-6-23-9-15/h1,4,7,10,14-16,23H,2-3,5-6,9,11-12H2/t15-/m1/s1. The van der Waals surface area contributed by atoms with Crippen molar-refractivity contribution in [1.82, 2.24) is 15.2 Å². The molecule has 1 amide bonds. The lowest BCUT2D eigenvalue weighted by Crippen LogP contribution is -2.43. The van der Waals surface area contributed by atoms with E-state index in [2.05, 4.69) is 16.4 Å². The molecule has 2 aliphatic heterocycles. The van der Waals surface area contributed by atoms with E-state index in [-0.39, 0.29) is 30.0 Å². The molecule has 1 aliphatic carbocycles. The predicted molar refractivity (Wildman–Crippen MR) is 102 cm³/mol. The van der Waals surface area contributed by atoms with Gasteiger partial charge < -0.3 is 24.1 Å². The summed E-state index contributed by atoms with van der Waals surface area (Å²) in [4.78, 5) is 19.3. The van der Waals surface area contributed by atoms with Crippen molar-refractivity contribution < 1.29 is 18.7 Å². The number of rotatable bonds is 6. The Bertz CT molecular complexity index is 952. The Morgan fingerprint density at radius 1 is 1.28 bits per heavy atom. The molecule has 2 aromatic rings. The topological polar surface area (TPSA) is 101 Å². The van der Waals surface area contributed by atoms with E-state index in [1.54, 1.807) is 18.2 Å². The molecule has 3 heterocycles. The van der Waals surface area contributed by atoms with Crippen LogP contribution < -0.4 is 10.1 Å². The second-order valence-corrected chi connectivity index (χ2v) is 7.72. The number of benzene rings is 1. The molecule has 8 heteroatoms. The van der Waals surface area contributed by atoms with Crippen LogP contribution in [0, 0.1) is 11.3 Å². The number of carbonyl (C=O) groups excluding carboxylic acids is 1. The van der Waals surface area contributed by atoms with Crippen LogP contribution in [0.1, 0.15) is 35.5 Å². The first kappa shape index (κ1) is 18.2. The summed E-state index contributed by atoms with van der Waals surface area (Å²) in [7, 11) is 0. The van der Waals surface area contributed by atoms with E-state index in [4.69, 9.17) is 13.9 Å². The summed E-state index contributed by atoms with van der Waals surface area (Å²) < 4.78 is 17.0. The number of aromatic nitrogens is 1. The Balaban J connectivity index is 1.43. The van der Waals surface area contributed by atoms with Crippen molar-refractivity contribution in [3.8, 4) is 23.1 Å². The largest absolute Gasteiger partial charge is 0.485 e. The van der Waals surface area contributed by atoms with Crippen LogP contribution in [-0.4, -0.2) is 60.3 Å². The summed E-state index contributed by atoms with van der Waals surface area (Å²) in [6, 6.07) is 7.74. The molecule has 0 spiro atoms. The Kier molecular flexibility index (Phi) is 4.70. The molecule has 8 nitrogen and oxygen atoms in total. The van der Waals surface area contributed by atoms with Gasteiger partial charge in [-0.2, -0.15) is 5.26 Å². The molecule has 3 aliphatic rings. The third-order valence-electron chi connectivity index (χ3n) is 5.57. The van der Waals surface area contributed by atoms with Crippen LogP contribution in [0.15, 0.2) is 28.8 Å². The lowest BCUT2D eigenvalue weighted by Gasteiger charge is -2.27. The highest BCUT2D eigenvalue weighted by molar-refractivity contribution is 5.91. The molecular weight excluding hydrogens is 372 g/mol. The molecule has 29 heavy (non-hydrogen) atoms. The highest BCUT2D eigenvalue weighted by Crippen LogP contribution is 2.35. The summed E-state index contributed by atoms with van der Waals surface area (Å²) in [5.41, 5.74) is 1.10. The number of hydrogen-bond donors (Lipinski definition) is 1. The number of nitrogens with zero attached hydrogens (tertiary/aromatic N) is 3. The van der Waals surface area contributed by atoms with Gasteiger partial charge in [0.25, 0.3) is 5.89 Å². The first-order chi connectivity index (χ1) is 14.2. The van der Waals surface area contributed by atoms with Crippen molar-refractivity contribution in [1.29, 1.82) is 5.26 Å². The molecule has 3 fully saturated rings. The zero-order valence-corrected chi connectivity index (χ0v) is 16.0. The first-order valence-electron chi connectivity index (χ1n) is 10.0. The third-order valence-corrected chi connectivity index (χ3v) is 5.57. The van der Waals surface area contributed by atoms with Crippen molar-refractivity contribution in [2.45, 2.75) is 37.5 Å². The van der Waals surface area contributed by atoms with Crippen molar-refractivity contribution in [2.24, 2.45) is 0 Å². The van der Waals surface area contributed by atoms with E-state index >= 15 is 0 Å². The highest BCUT2D eigenvalue weighted by Gasteiger charge is 2.40. The fourth-order valence-electron chi connectivity index (χ4n) is 3.82. The van der Waals surface area contributed by atoms with Gasteiger partial charge in [0.2, 0.25) is 0 Å². The minimum Gasteiger partial charge on any atom is -0.485 e. The number of hydrogen-bond acceptors (Lipinski definition) is 7. The fourth-order valence-corrected chi connectivity index (χ4v) is 3.82. The van der Waals surface area contributed by atoms with Crippen molar-refractivity contribution in [3.63, 3.8) is 0 Å². The highest BCUT2D eigenvalue weighted by atomic mass is 16.6. The fraction of sp³-hybridized carbons (Fsp3) is 0.476. The zero-order chi connectivity index (χ0) is 19.8. The SMILES string of the molecule is N#Cc1ccc(OC2COC2)c(-c2cnc(C(=O)N(C3CC3)[C@@H]3CCNC3)o2)c1. The quantitative estimate of drug-likeness (QED) is 0.799. The maximum absolute atomic E-state index is 13.1. The molecule has 1 saturated carbocycles. The monoisotopic (exact) mass is 394 g/mol. The molecule has 1 aromatic heterocycles. The molecule has 150 valence electrons. The molecule has 1 N–H and O–H groups in total. The van der Waals surface area contributed by atoms with Crippen molar-refractivity contribution in [3.05, 3.63) is 35.9 Å². The summed E-state index contributed by atoms with van der Waals surface area (Å²) >= 11 is 0. The van der Waals surface area contributed by atoms with E-state index in [9.17, 15) is 10.1 Å². The van der Waals surface area contributed by atoms with Gasteiger partial charge in [0.05, 0.1) is 36.6 Å². The number of oxazole rings is 1. The van der Waals surface area contributed by atoms with Gasteiger partial charge in [0.15, 0.2) is 5.76 Å². The Morgan fingerprint density at radius 3 is 2.79 bits per heavy atom. The van der Waals surface area contributed by atoms with Crippen LogP contribution in [0.2, 0.25) is 0 Å². The van der Waals surface area contributed by atoms with Gasteiger partial charge in [-0.25, -0.2) is 4.98 Å². The maximum atomic E-state index is 13.1. The van der Waals surface area contributed by atoms with E-state index in [1.165, 1.54) is 6.20 Å². The van der Waals surface area contributed by atoms with E-state index in [0.29, 0.717) is 35.9 Å². The first-order valence-corrected chi connectivity index (χ1v) is 10.0. The second kappa shape index (κ2) is 7.50. The molecule has 0 unspecified atom stereocenters. The van der Waals surface area contributed by atoms with Crippen LogP contribution in [-0.2, 0) is 4.74 Å². The number of nitriles is 1. The average molecular weight is 394 g/mol. The summed E-state index contributed by atoms with van der Waals surface area (Å²) in [5.74, 6) is 0.922. The summed E-state index contributed by atoms with van der Waals surface area (Å²) in [5, 5.41) is 12.6. The third kappa shape index (κ3) is 3.59. The van der Waals surface area contributed by atoms with Crippen LogP contribution in [0.3, 0.4) is 0 Å². The molecule has 0 radical (unpaired) electrons. The minimum absolute atomic E-state index is 0.0223. The molecule has 1 atom stereocenters. The van der Waals surface area contributed by atoms with Gasteiger partial charge in [0, 0.05) is 18.6 Å². The Hall–Kier alpha value is -2.89. The summed E-state index contributed by atoms with van der Waals surface area (Å²) in [6.07, 6.45) is 4.52. The van der Waals surface area contributed by atoms with Gasteiger partial charge in [-0.3, -0.25) is 4.79 Å². The maximum Gasteiger partial charge on any atom is 0.310 e. The van der Waals surface area contributed by atoms with Gasteiger partial charge in [0.1, 0.15) is 11.9 Å². The van der Waals surface area contributed by atoms with Crippen molar-refractivity contribution >= 4 is 5.91 Å². The molecular formula is C21H22N4O4. The smallest absolute Gasteiger partial charge is 0.310 e. The number of carbonyl (C=O) groups is 1. The lowest BCUT2D eigenvalue weighted by atomic mass is 10.1. The Labute approximate surface area is 168 Å². The molecule has 0 bridgehead atoms. The number of amides is 1. The average Bonchev–Trinajstić information content (AvgIpc) is 3.19. The lowest BCUT2D eigenvalue weighted by molar-refractivity contribution is -0.0794. The molecule has 1 aromatic carbocycles. The van der Waals surface area contributed by atoms with Gasteiger partial charge in [-0.05, 0) is 44.0 Å². The Morgan fingerprint density at radius 2 is 2.14 bits per heavy atom. The van der Waals surface area contributed by atoms with Gasteiger partial charge >= 0.3 is 5.91 Å². The number of ether oxygens (including phenoxy) is 2. The van der Waals surface area contributed by atoms with E-state index in [0.717, 1.165) is 32.4 Å². The van der Waals surface area contributed by atoms with Crippen LogP contribution >= 0.6 is 0 Å². The molecule has 5 rings (SSSR count). The van der Waals surface area contributed by atoms with Crippen LogP contribution in [0.4, 0.5) is 0 Å². The van der Waals surface area contributed by atoms with Crippen LogP contribution in [0.5, 0.6) is 5.75 Å². The predicted octanol–water partition coefficient (Wildman–Crippen LogP) is 1.96. The van der Waals surface area contributed by atoms with Crippen LogP contribution in [0.25, 0.3) is 11.3 Å². The zero-order valence-electron chi connectivity index (χ0n) is 16.0. The van der Waals surface area contributed by atoms with Gasteiger partial charge in [-0.1, -0.05) is 0 Å². The summed E-state index contributed by atoms with van der Waals surface area (Å²) in [6.45, 7) is 2.79.